The Bertz CT molecular complexity index is 1940. The Kier molecular flexibility index (Phi) is 22.1. The van der Waals surface area contributed by atoms with E-state index in [4.69, 9.17) is 28.8 Å². The second-order valence-electron chi connectivity index (χ2n) is 14.9. The molecular formula is C39H58N2O16S2. The second-order valence-corrected chi connectivity index (χ2v) is 18.1. The van der Waals surface area contributed by atoms with Crippen LogP contribution in [0.15, 0.2) is 0 Å². The van der Waals surface area contributed by atoms with Crippen LogP contribution in [0.4, 0.5) is 4.79 Å². The molecule has 0 saturated heterocycles. The SMILES string of the molecule is CCCOc1c(C#CCCC(=O)OC(C)(C)C)c(OCCCS(=O)(=O)O)c(C#CCNC(=O)OC(C)(C)C)c(OCCCS(=O)(=O)O)c1C(=O)NCCCCCC(=O)O. The minimum Gasteiger partial charge on any atom is -0.491 e. The number of rotatable bonds is 23. The van der Waals surface area contributed by atoms with Gasteiger partial charge in [0.05, 0.1) is 44.3 Å². The minimum atomic E-state index is -4.42. The zero-order valence-corrected chi connectivity index (χ0v) is 36.4. The molecule has 0 fully saturated rings. The van der Waals surface area contributed by atoms with Crippen molar-refractivity contribution in [3.05, 3.63) is 16.7 Å². The number of benzene rings is 1. The summed E-state index contributed by atoms with van der Waals surface area (Å²) >= 11 is 0. The van der Waals surface area contributed by atoms with Crippen molar-refractivity contribution in [3.63, 3.8) is 0 Å². The van der Waals surface area contributed by atoms with Crippen LogP contribution in [0.25, 0.3) is 0 Å². The van der Waals surface area contributed by atoms with Gasteiger partial charge >= 0.3 is 18.0 Å². The maximum atomic E-state index is 14.2. The number of carboxylic acids is 1. The summed E-state index contributed by atoms with van der Waals surface area (Å²) in [6.07, 6.45) is 0.182. The first-order chi connectivity index (χ1) is 27.3. The lowest BCUT2D eigenvalue weighted by atomic mass is 9.98. The first-order valence-electron chi connectivity index (χ1n) is 19.0. The van der Waals surface area contributed by atoms with Crippen molar-refractivity contribution in [2.75, 3.05) is 44.4 Å². The molecule has 0 heterocycles. The van der Waals surface area contributed by atoms with Gasteiger partial charge in [-0.1, -0.05) is 37.0 Å². The molecular weight excluding hydrogens is 817 g/mol. The molecule has 0 aliphatic heterocycles. The number of hydrogen-bond donors (Lipinski definition) is 5. The Labute approximate surface area is 347 Å². The minimum absolute atomic E-state index is 0.0251. The van der Waals surface area contributed by atoms with Gasteiger partial charge in [-0.25, -0.2) is 4.79 Å². The highest BCUT2D eigenvalue weighted by Gasteiger charge is 2.31. The van der Waals surface area contributed by atoms with Gasteiger partial charge in [-0.2, -0.15) is 16.8 Å². The standard InChI is InChI=1S/C39H58N2O16S2/c1-8-23-53-34-28(17-11-12-20-31(44)56-38(2,3)4)33(54-24-15-26-58(47,48)49)29(18-14-22-41-37(46)57-39(5,6)7)35(55-25-16-27-59(50,51)52)32(34)36(45)40-21-13-9-10-19-30(42)43/h8-10,12-13,15-16,19-27H2,1-7H3,(H,40,45)(H,41,46)(H,42,43)(H,47,48,49)(H,50,51,52). The topological polar surface area (TPSA) is 267 Å². The lowest BCUT2D eigenvalue weighted by molar-refractivity contribution is -0.154. The summed E-state index contributed by atoms with van der Waals surface area (Å²) in [5.41, 5.74) is -2.04. The molecule has 1 rings (SSSR count). The van der Waals surface area contributed by atoms with Gasteiger partial charge in [0, 0.05) is 19.4 Å². The van der Waals surface area contributed by atoms with Crippen LogP contribution in [0.3, 0.4) is 0 Å². The highest BCUT2D eigenvalue weighted by molar-refractivity contribution is 7.86. The van der Waals surface area contributed by atoms with Gasteiger partial charge in [-0.05, 0) is 73.6 Å². The fourth-order valence-corrected chi connectivity index (χ4v) is 5.69. The fourth-order valence-electron chi connectivity index (χ4n) is 4.73. The average molecular weight is 875 g/mol. The summed E-state index contributed by atoms with van der Waals surface area (Å²) in [6, 6.07) is 0. The summed E-state index contributed by atoms with van der Waals surface area (Å²) in [4.78, 5) is 50.0. The number of ether oxygens (including phenoxy) is 5. The molecule has 0 aromatic heterocycles. The van der Waals surface area contributed by atoms with Crippen molar-refractivity contribution in [3.8, 4) is 40.9 Å². The number of hydrogen-bond acceptors (Lipinski definition) is 13. The molecule has 0 radical (unpaired) electrons. The normalized spacial score (nSPS) is 11.5. The van der Waals surface area contributed by atoms with E-state index < -0.39 is 73.5 Å². The van der Waals surface area contributed by atoms with Crippen LogP contribution in [0, 0.1) is 23.7 Å². The number of aliphatic carboxylic acids is 1. The smallest absolute Gasteiger partial charge is 0.408 e. The highest BCUT2D eigenvalue weighted by atomic mass is 32.2. The Hall–Kier alpha value is -4.76. The van der Waals surface area contributed by atoms with Crippen LogP contribution in [0.5, 0.6) is 17.2 Å². The first kappa shape index (κ1) is 52.3. The van der Waals surface area contributed by atoms with Crippen molar-refractivity contribution in [2.24, 2.45) is 0 Å². The molecule has 0 aliphatic carbocycles. The largest absolute Gasteiger partial charge is 0.491 e. The van der Waals surface area contributed by atoms with Crippen molar-refractivity contribution >= 4 is 44.2 Å². The van der Waals surface area contributed by atoms with Gasteiger partial charge in [0.2, 0.25) is 0 Å². The zero-order chi connectivity index (χ0) is 44.9. The van der Waals surface area contributed by atoms with Gasteiger partial charge in [-0.15, -0.1) is 0 Å². The molecule has 0 unspecified atom stereocenters. The van der Waals surface area contributed by atoms with E-state index in [0.717, 1.165) is 0 Å². The maximum absolute atomic E-state index is 14.2. The average Bonchev–Trinajstić information content (AvgIpc) is 3.07. The van der Waals surface area contributed by atoms with Crippen LogP contribution < -0.4 is 24.8 Å². The molecule has 5 N–H and O–H groups in total. The van der Waals surface area contributed by atoms with Gasteiger partial charge in [0.1, 0.15) is 27.9 Å². The van der Waals surface area contributed by atoms with Gasteiger partial charge in [0.25, 0.3) is 26.1 Å². The summed E-state index contributed by atoms with van der Waals surface area (Å²) in [6.45, 7) is 11.0. The molecule has 332 valence electrons. The zero-order valence-electron chi connectivity index (χ0n) is 34.8. The molecule has 0 bridgehead atoms. The van der Waals surface area contributed by atoms with Crippen LogP contribution in [0.1, 0.15) is 128 Å². The maximum Gasteiger partial charge on any atom is 0.408 e. The van der Waals surface area contributed by atoms with Crippen molar-refractivity contribution in [1.29, 1.82) is 0 Å². The van der Waals surface area contributed by atoms with E-state index in [1.54, 1.807) is 48.5 Å². The highest BCUT2D eigenvalue weighted by Crippen LogP contribution is 2.44. The van der Waals surface area contributed by atoms with E-state index in [-0.39, 0.29) is 92.3 Å². The molecule has 20 heteroatoms. The van der Waals surface area contributed by atoms with E-state index in [0.29, 0.717) is 25.7 Å². The third-order valence-corrected chi connectivity index (χ3v) is 8.61. The second kappa shape index (κ2) is 25.0. The number of unbranched alkanes of at least 4 members (excludes halogenated alkanes) is 2. The Balaban J connectivity index is 4.18. The van der Waals surface area contributed by atoms with Crippen LogP contribution in [0.2, 0.25) is 0 Å². The molecule has 0 spiro atoms. The fraction of sp³-hybridized carbons (Fsp3) is 0.641. The molecule has 0 saturated carbocycles. The summed E-state index contributed by atoms with van der Waals surface area (Å²) in [5, 5.41) is 14.2. The van der Waals surface area contributed by atoms with Gasteiger partial charge in [0.15, 0.2) is 17.2 Å². The van der Waals surface area contributed by atoms with Gasteiger partial charge in [-0.3, -0.25) is 23.5 Å². The molecule has 0 aliphatic rings. The summed E-state index contributed by atoms with van der Waals surface area (Å²) in [5.74, 6) is 7.10. The molecule has 2 amide bonds. The van der Waals surface area contributed by atoms with Crippen LogP contribution in [-0.4, -0.2) is 111 Å². The van der Waals surface area contributed by atoms with Crippen molar-refractivity contribution < 1.29 is 73.9 Å². The van der Waals surface area contributed by atoms with Crippen LogP contribution in [-0.2, 0) is 39.3 Å². The third-order valence-electron chi connectivity index (χ3n) is 7.00. The van der Waals surface area contributed by atoms with E-state index in [1.807, 2.05) is 0 Å². The number of amides is 2. The van der Waals surface area contributed by atoms with Gasteiger partial charge < -0.3 is 39.4 Å². The Morgan fingerprint density at radius 2 is 1.19 bits per heavy atom. The number of carboxylic acid groups (broad SMARTS) is 1. The first-order valence-corrected chi connectivity index (χ1v) is 22.2. The lowest BCUT2D eigenvalue weighted by Gasteiger charge is -2.23. The lowest BCUT2D eigenvalue weighted by Crippen LogP contribution is -2.32. The van der Waals surface area contributed by atoms with E-state index >= 15 is 0 Å². The number of nitrogens with one attached hydrogen (secondary N) is 2. The van der Waals surface area contributed by atoms with Crippen molar-refractivity contribution in [1.82, 2.24) is 10.6 Å². The van der Waals surface area contributed by atoms with E-state index in [1.165, 1.54) is 0 Å². The number of carbonyl (C=O) groups excluding carboxylic acids is 3. The predicted molar refractivity (Wildman–Crippen MR) is 217 cm³/mol. The molecule has 1 aromatic carbocycles. The Morgan fingerprint density at radius 1 is 0.661 bits per heavy atom. The van der Waals surface area contributed by atoms with E-state index in [2.05, 4.69) is 34.3 Å². The third kappa shape index (κ3) is 24.0. The Morgan fingerprint density at radius 3 is 1.69 bits per heavy atom. The van der Waals surface area contributed by atoms with E-state index in [9.17, 15) is 45.1 Å². The number of alkyl carbamates (subject to hydrolysis) is 1. The summed E-state index contributed by atoms with van der Waals surface area (Å²) < 4.78 is 93.8. The molecule has 0 atom stereocenters. The van der Waals surface area contributed by atoms with Crippen LogP contribution >= 0.6 is 0 Å². The predicted octanol–water partition coefficient (Wildman–Crippen LogP) is 4.51. The molecule has 1 aromatic rings. The van der Waals surface area contributed by atoms with Crippen molar-refractivity contribution in [2.45, 2.75) is 117 Å². The molecule has 59 heavy (non-hydrogen) atoms. The number of carbonyl (C=O) groups is 4. The monoisotopic (exact) mass is 874 g/mol. The quantitative estimate of drug-likeness (QED) is 0.0438. The number of esters is 1. The summed E-state index contributed by atoms with van der Waals surface area (Å²) in [7, 11) is -8.82. The molecule has 18 nitrogen and oxygen atoms in total.